The molecule has 1 fully saturated rings. The van der Waals surface area contributed by atoms with E-state index in [0.717, 1.165) is 84.7 Å². The summed E-state index contributed by atoms with van der Waals surface area (Å²) in [6.45, 7) is 2.82. The lowest BCUT2D eigenvalue weighted by molar-refractivity contribution is 0.104. The molecule has 3 aromatic heterocycles. The fourth-order valence-electron chi connectivity index (χ4n) is 4.95. The lowest BCUT2D eigenvalue weighted by Crippen LogP contribution is -2.23. The fourth-order valence-corrected chi connectivity index (χ4v) is 4.95. The Labute approximate surface area is 193 Å². The summed E-state index contributed by atoms with van der Waals surface area (Å²) in [4.78, 5) is 12.5. The molecule has 6 rings (SSSR count). The van der Waals surface area contributed by atoms with Gasteiger partial charge in [0.05, 0.1) is 11.5 Å². The lowest BCUT2D eigenvalue weighted by atomic mass is 10.0. The minimum absolute atomic E-state index is 0.375. The highest BCUT2D eigenvalue weighted by atomic mass is 16.5. The van der Waals surface area contributed by atoms with E-state index < -0.39 is 0 Å². The van der Waals surface area contributed by atoms with Gasteiger partial charge < -0.3 is 19.8 Å². The predicted molar refractivity (Wildman–Crippen MR) is 129 cm³/mol. The number of aryl methyl sites for hydroxylation is 1. The second-order valence-electron chi connectivity index (χ2n) is 8.90. The summed E-state index contributed by atoms with van der Waals surface area (Å²) in [5.41, 5.74) is 6.81. The highest BCUT2D eigenvalue weighted by Gasteiger charge is 2.17. The smallest absolute Gasteiger partial charge is 0.141 e. The van der Waals surface area contributed by atoms with Gasteiger partial charge in [0.15, 0.2) is 0 Å². The van der Waals surface area contributed by atoms with Crippen LogP contribution in [-0.4, -0.2) is 34.2 Å². The van der Waals surface area contributed by atoms with E-state index in [1.54, 1.807) is 6.20 Å². The molecular formula is C27H28N4O2. The molecule has 0 bridgehead atoms. The Morgan fingerprint density at radius 1 is 1.06 bits per heavy atom. The van der Waals surface area contributed by atoms with Gasteiger partial charge >= 0.3 is 0 Å². The van der Waals surface area contributed by atoms with Gasteiger partial charge in [0, 0.05) is 43.0 Å². The van der Waals surface area contributed by atoms with Gasteiger partial charge in [0.1, 0.15) is 17.1 Å². The van der Waals surface area contributed by atoms with E-state index in [0.29, 0.717) is 6.10 Å². The van der Waals surface area contributed by atoms with Crippen molar-refractivity contribution in [2.45, 2.75) is 44.8 Å². The third kappa shape index (κ3) is 4.24. The van der Waals surface area contributed by atoms with Crippen molar-refractivity contribution >= 4 is 11.0 Å². The molecule has 2 aliphatic rings. The van der Waals surface area contributed by atoms with Crippen molar-refractivity contribution < 1.29 is 9.47 Å². The maximum atomic E-state index is 6.40. The minimum Gasteiger partial charge on any atom is -0.457 e. The van der Waals surface area contributed by atoms with Crippen LogP contribution < -0.4 is 10.1 Å². The summed E-state index contributed by atoms with van der Waals surface area (Å²) in [5, 5.41) is 4.43. The Balaban J connectivity index is 1.30. The molecule has 1 saturated heterocycles. The van der Waals surface area contributed by atoms with Crippen LogP contribution in [0.3, 0.4) is 0 Å². The molecule has 6 heteroatoms. The molecule has 1 atom stereocenters. The molecule has 0 unspecified atom stereocenters. The third-order valence-corrected chi connectivity index (χ3v) is 6.70. The van der Waals surface area contributed by atoms with Crippen molar-refractivity contribution in [1.82, 2.24) is 20.3 Å². The van der Waals surface area contributed by atoms with Crippen molar-refractivity contribution in [3.05, 3.63) is 71.8 Å². The van der Waals surface area contributed by atoms with Crippen molar-refractivity contribution in [3.63, 3.8) is 0 Å². The maximum Gasteiger partial charge on any atom is 0.141 e. The first-order valence-corrected chi connectivity index (χ1v) is 11.9. The quantitative estimate of drug-likeness (QED) is 0.433. The molecule has 0 radical (unpaired) electrons. The number of nitrogens with one attached hydrogen (secondary N) is 2. The first kappa shape index (κ1) is 20.4. The van der Waals surface area contributed by atoms with Crippen LogP contribution in [0.1, 0.15) is 36.1 Å². The predicted octanol–water partition coefficient (Wildman–Crippen LogP) is 5.17. The van der Waals surface area contributed by atoms with E-state index in [1.807, 2.05) is 18.5 Å². The van der Waals surface area contributed by atoms with Crippen molar-refractivity contribution in [2.75, 3.05) is 13.2 Å². The molecule has 0 saturated carbocycles. The second kappa shape index (κ2) is 8.96. The Kier molecular flexibility index (Phi) is 5.54. The number of hydrogen-bond donors (Lipinski definition) is 2. The Hall–Kier alpha value is -3.22. The molecule has 0 amide bonds. The topological polar surface area (TPSA) is 72.1 Å². The molecule has 4 aromatic rings. The summed E-state index contributed by atoms with van der Waals surface area (Å²) < 4.78 is 12.2. The lowest BCUT2D eigenvalue weighted by Gasteiger charge is -2.18. The summed E-state index contributed by atoms with van der Waals surface area (Å²) >= 11 is 0. The number of benzene rings is 1. The number of aromatic amines is 1. The number of ether oxygens (including phenoxy) is 2. The molecule has 2 aliphatic heterocycles. The zero-order valence-corrected chi connectivity index (χ0v) is 18.6. The largest absolute Gasteiger partial charge is 0.457 e. The maximum absolute atomic E-state index is 6.40. The normalized spacial score (nSPS) is 17.9. The van der Waals surface area contributed by atoms with Gasteiger partial charge in [-0.15, -0.1) is 0 Å². The van der Waals surface area contributed by atoms with Gasteiger partial charge in [-0.2, -0.15) is 0 Å². The number of H-pyrrole nitrogens is 1. The number of pyridine rings is 2. The molecule has 6 nitrogen and oxygen atoms in total. The fraction of sp³-hybridized carbons (Fsp3) is 0.333. The first-order valence-electron chi connectivity index (χ1n) is 11.9. The highest BCUT2D eigenvalue weighted by Crippen LogP contribution is 2.37. The van der Waals surface area contributed by atoms with Gasteiger partial charge in [0.25, 0.3) is 0 Å². The molecule has 5 heterocycles. The summed E-state index contributed by atoms with van der Waals surface area (Å²) in [5.74, 6) is 1.65. The van der Waals surface area contributed by atoms with Crippen LogP contribution in [-0.2, 0) is 24.1 Å². The summed E-state index contributed by atoms with van der Waals surface area (Å²) in [6.07, 6.45) is 11.4. The number of aromatic nitrogens is 3. The second-order valence-corrected chi connectivity index (χ2v) is 8.90. The van der Waals surface area contributed by atoms with Crippen LogP contribution in [0.4, 0.5) is 0 Å². The van der Waals surface area contributed by atoms with Crippen LogP contribution >= 0.6 is 0 Å². The van der Waals surface area contributed by atoms with Gasteiger partial charge in [-0.3, -0.25) is 4.98 Å². The molecule has 0 spiro atoms. The van der Waals surface area contributed by atoms with E-state index in [1.165, 1.54) is 17.5 Å². The Morgan fingerprint density at radius 2 is 2.03 bits per heavy atom. The van der Waals surface area contributed by atoms with Crippen LogP contribution in [0, 0.1) is 0 Å². The van der Waals surface area contributed by atoms with Crippen LogP contribution in [0.15, 0.2) is 55.0 Å². The molecule has 2 N–H and O–H groups in total. The molecule has 1 aromatic carbocycles. The van der Waals surface area contributed by atoms with E-state index in [9.17, 15) is 0 Å². The van der Waals surface area contributed by atoms with Gasteiger partial charge in [-0.1, -0.05) is 6.07 Å². The molecular weight excluding hydrogens is 412 g/mol. The number of hydrogen-bond acceptors (Lipinski definition) is 5. The van der Waals surface area contributed by atoms with Gasteiger partial charge in [-0.05, 0) is 85.7 Å². The molecule has 33 heavy (non-hydrogen) atoms. The van der Waals surface area contributed by atoms with Crippen molar-refractivity contribution in [3.8, 4) is 22.6 Å². The average Bonchev–Trinajstić information content (AvgIpc) is 3.54. The van der Waals surface area contributed by atoms with E-state index in [4.69, 9.17) is 9.47 Å². The average molecular weight is 441 g/mol. The van der Waals surface area contributed by atoms with Gasteiger partial charge in [-0.25, -0.2) is 4.98 Å². The van der Waals surface area contributed by atoms with Crippen molar-refractivity contribution in [1.29, 1.82) is 0 Å². The van der Waals surface area contributed by atoms with E-state index >= 15 is 0 Å². The third-order valence-electron chi connectivity index (χ3n) is 6.70. The highest BCUT2D eigenvalue weighted by molar-refractivity contribution is 5.98. The van der Waals surface area contributed by atoms with E-state index in [-0.39, 0.29) is 0 Å². The summed E-state index contributed by atoms with van der Waals surface area (Å²) in [7, 11) is 0. The number of rotatable bonds is 6. The van der Waals surface area contributed by atoms with E-state index in [2.05, 4.69) is 50.6 Å². The standard InChI is InChI=1S/C27H28N4O2/c1-2-22(32-13-1)6-4-21-14-19(8-11-29-21)24-17-31-27-26(24)25(9-12-30-27)33-23-5-3-18-7-10-28-16-20(18)15-23/h3,5,8-9,11-12,14-15,17,22,28H,1-2,4,6-7,10,13,16H2,(H,30,31)/t22-/m0/s1. The molecule has 0 aliphatic carbocycles. The Morgan fingerprint density at radius 3 is 2.97 bits per heavy atom. The zero-order valence-electron chi connectivity index (χ0n) is 18.6. The Bertz CT molecular complexity index is 1280. The molecule has 168 valence electrons. The summed E-state index contributed by atoms with van der Waals surface area (Å²) in [6, 6.07) is 12.6. The number of fused-ring (bicyclic) bond motifs is 2. The zero-order chi connectivity index (χ0) is 22.0. The SMILES string of the molecule is c1cc(-c2c[nH]c3nccc(Oc4ccc5c(c4)CNCC5)c23)cc(CC[C@@H]2CCCO2)n1. The van der Waals surface area contributed by atoms with Crippen LogP contribution in [0.2, 0.25) is 0 Å². The van der Waals surface area contributed by atoms with Crippen LogP contribution in [0.25, 0.3) is 22.2 Å². The number of nitrogens with zero attached hydrogens (tertiary/aromatic N) is 2. The van der Waals surface area contributed by atoms with Gasteiger partial charge in [0.2, 0.25) is 0 Å². The minimum atomic E-state index is 0.375. The van der Waals surface area contributed by atoms with Crippen molar-refractivity contribution in [2.24, 2.45) is 0 Å². The first-order chi connectivity index (χ1) is 16.3. The monoisotopic (exact) mass is 440 g/mol. The van der Waals surface area contributed by atoms with Crippen LogP contribution in [0.5, 0.6) is 11.5 Å².